The Bertz CT molecular complexity index is 426. The first kappa shape index (κ1) is 19.7. The summed E-state index contributed by atoms with van der Waals surface area (Å²) < 4.78 is 5.45. The van der Waals surface area contributed by atoms with Crippen molar-refractivity contribution in [1.29, 1.82) is 0 Å². The van der Waals surface area contributed by atoms with Crippen molar-refractivity contribution in [2.45, 2.75) is 39.7 Å². The van der Waals surface area contributed by atoms with Crippen LogP contribution in [0, 0.1) is 5.92 Å². The minimum atomic E-state index is -0.422. The van der Waals surface area contributed by atoms with Gasteiger partial charge in [0.1, 0.15) is 5.75 Å². The summed E-state index contributed by atoms with van der Waals surface area (Å²) in [6.07, 6.45) is 1.69. The first-order chi connectivity index (χ1) is 9.58. The zero-order valence-electron chi connectivity index (χ0n) is 13.1. The molecule has 5 heteroatoms. The van der Waals surface area contributed by atoms with E-state index in [1.165, 1.54) is 0 Å². The van der Waals surface area contributed by atoms with E-state index >= 15 is 0 Å². The molecular weight excluding hydrogens is 288 g/mol. The topological polar surface area (TPSA) is 64.3 Å². The molecule has 21 heavy (non-hydrogen) atoms. The predicted octanol–water partition coefficient (Wildman–Crippen LogP) is 2.54. The Labute approximate surface area is 133 Å². The number of rotatable bonds is 8. The summed E-state index contributed by atoms with van der Waals surface area (Å²) in [4.78, 5) is 11.8. The molecule has 1 aromatic rings. The fourth-order valence-electron chi connectivity index (χ4n) is 1.92. The fourth-order valence-corrected chi connectivity index (χ4v) is 1.92. The smallest absolute Gasteiger partial charge is 0.237 e. The van der Waals surface area contributed by atoms with Crippen LogP contribution in [-0.4, -0.2) is 25.1 Å². The molecule has 0 heterocycles. The van der Waals surface area contributed by atoms with Gasteiger partial charge in [0, 0.05) is 6.54 Å². The average Bonchev–Trinajstić information content (AvgIpc) is 2.46. The molecule has 0 aliphatic carbocycles. The second-order valence-electron chi connectivity index (χ2n) is 5.03. The molecule has 0 aliphatic rings. The van der Waals surface area contributed by atoms with Crippen molar-refractivity contribution in [3.63, 3.8) is 0 Å². The third-order valence-corrected chi connectivity index (χ3v) is 3.48. The molecule has 0 saturated carbocycles. The van der Waals surface area contributed by atoms with Crippen LogP contribution in [0.5, 0.6) is 5.75 Å². The van der Waals surface area contributed by atoms with Crippen LogP contribution >= 0.6 is 12.4 Å². The monoisotopic (exact) mass is 314 g/mol. The highest BCUT2D eigenvalue weighted by Crippen LogP contribution is 2.13. The van der Waals surface area contributed by atoms with E-state index in [4.69, 9.17) is 10.5 Å². The molecule has 1 aromatic carbocycles. The molecule has 0 spiro atoms. The number of nitrogens with one attached hydrogen (secondary N) is 1. The van der Waals surface area contributed by atoms with E-state index in [0.29, 0.717) is 13.2 Å². The van der Waals surface area contributed by atoms with Crippen molar-refractivity contribution in [3.05, 3.63) is 29.8 Å². The number of benzene rings is 1. The second kappa shape index (κ2) is 10.5. The van der Waals surface area contributed by atoms with Crippen molar-refractivity contribution in [2.75, 3.05) is 13.2 Å². The largest absolute Gasteiger partial charge is 0.494 e. The fraction of sp³-hybridized carbons (Fsp3) is 0.562. The van der Waals surface area contributed by atoms with Crippen molar-refractivity contribution < 1.29 is 9.53 Å². The van der Waals surface area contributed by atoms with Crippen molar-refractivity contribution in [2.24, 2.45) is 11.7 Å². The first-order valence-electron chi connectivity index (χ1n) is 7.33. The van der Waals surface area contributed by atoms with Crippen LogP contribution in [0.2, 0.25) is 0 Å². The molecule has 0 saturated heterocycles. The number of halogens is 1. The Morgan fingerprint density at radius 1 is 1.38 bits per heavy atom. The van der Waals surface area contributed by atoms with E-state index in [0.717, 1.165) is 24.2 Å². The summed E-state index contributed by atoms with van der Waals surface area (Å²) >= 11 is 0. The summed E-state index contributed by atoms with van der Waals surface area (Å²) in [5.74, 6) is 1.00. The maximum atomic E-state index is 11.8. The van der Waals surface area contributed by atoms with Gasteiger partial charge in [-0.1, -0.05) is 32.4 Å². The number of hydrogen-bond acceptors (Lipinski definition) is 3. The van der Waals surface area contributed by atoms with Crippen LogP contribution in [0.4, 0.5) is 0 Å². The maximum absolute atomic E-state index is 11.8. The van der Waals surface area contributed by atoms with Gasteiger partial charge < -0.3 is 15.8 Å². The molecule has 0 bridgehead atoms. The molecule has 120 valence electrons. The standard InChI is InChI=1S/C16H26N2O2.ClH/c1-4-12(3)15(17)16(19)18-10-9-13-7-6-8-14(11-13)20-5-2;/h6-8,11-12,15H,4-5,9-10,17H2,1-3H3,(H,18,19);1H. The number of carbonyl (C=O) groups is 1. The molecular formula is C16H27ClN2O2. The normalized spacial score (nSPS) is 13.0. The molecule has 0 aliphatic heterocycles. The number of ether oxygens (including phenoxy) is 1. The lowest BCUT2D eigenvalue weighted by Gasteiger charge is -2.17. The molecule has 0 radical (unpaired) electrons. The second-order valence-corrected chi connectivity index (χ2v) is 5.03. The molecule has 1 amide bonds. The Balaban J connectivity index is 0.00000400. The van der Waals surface area contributed by atoms with Gasteiger partial charge >= 0.3 is 0 Å². The van der Waals surface area contributed by atoms with Gasteiger partial charge in [-0.3, -0.25) is 4.79 Å². The number of nitrogens with two attached hydrogens (primary N) is 1. The molecule has 2 unspecified atom stereocenters. The van der Waals surface area contributed by atoms with Gasteiger partial charge in [0.25, 0.3) is 0 Å². The Kier molecular flexibility index (Phi) is 9.84. The molecule has 0 fully saturated rings. The van der Waals surface area contributed by atoms with Crippen LogP contribution < -0.4 is 15.8 Å². The minimum absolute atomic E-state index is 0. The van der Waals surface area contributed by atoms with Gasteiger partial charge in [0.15, 0.2) is 0 Å². The number of amides is 1. The molecule has 2 atom stereocenters. The van der Waals surface area contributed by atoms with E-state index < -0.39 is 6.04 Å². The molecule has 0 aromatic heterocycles. The van der Waals surface area contributed by atoms with Crippen molar-refractivity contribution in [1.82, 2.24) is 5.32 Å². The zero-order valence-corrected chi connectivity index (χ0v) is 13.9. The maximum Gasteiger partial charge on any atom is 0.237 e. The Morgan fingerprint density at radius 2 is 2.10 bits per heavy atom. The molecule has 1 rings (SSSR count). The van der Waals surface area contributed by atoms with Gasteiger partial charge in [-0.15, -0.1) is 12.4 Å². The van der Waals surface area contributed by atoms with E-state index in [1.807, 2.05) is 45.0 Å². The highest BCUT2D eigenvalue weighted by atomic mass is 35.5. The number of carbonyl (C=O) groups excluding carboxylic acids is 1. The Morgan fingerprint density at radius 3 is 2.71 bits per heavy atom. The third-order valence-electron chi connectivity index (χ3n) is 3.48. The average molecular weight is 315 g/mol. The molecule has 4 nitrogen and oxygen atoms in total. The summed E-state index contributed by atoms with van der Waals surface area (Å²) in [5, 5.41) is 2.89. The van der Waals surface area contributed by atoms with Crippen molar-refractivity contribution in [3.8, 4) is 5.75 Å². The van der Waals surface area contributed by atoms with Gasteiger partial charge in [-0.05, 0) is 37.0 Å². The number of hydrogen-bond donors (Lipinski definition) is 2. The van der Waals surface area contributed by atoms with E-state index in [9.17, 15) is 4.79 Å². The van der Waals surface area contributed by atoms with E-state index in [2.05, 4.69) is 5.32 Å². The lowest BCUT2D eigenvalue weighted by molar-refractivity contribution is -0.123. The zero-order chi connectivity index (χ0) is 15.0. The van der Waals surface area contributed by atoms with Crippen LogP contribution in [0.15, 0.2) is 24.3 Å². The lowest BCUT2D eigenvalue weighted by atomic mass is 9.99. The lowest BCUT2D eigenvalue weighted by Crippen LogP contribution is -2.45. The predicted molar refractivity (Wildman–Crippen MR) is 89.0 cm³/mol. The van der Waals surface area contributed by atoms with Gasteiger partial charge in [-0.25, -0.2) is 0 Å². The highest BCUT2D eigenvalue weighted by Gasteiger charge is 2.18. The van der Waals surface area contributed by atoms with Gasteiger partial charge in [0.2, 0.25) is 5.91 Å². The van der Waals surface area contributed by atoms with Gasteiger partial charge in [0.05, 0.1) is 12.6 Å². The first-order valence-corrected chi connectivity index (χ1v) is 7.33. The summed E-state index contributed by atoms with van der Waals surface area (Å²) in [6.45, 7) is 7.25. The van der Waals surface area contributed by atoms with Crippen LogP contribution in [0.3, 0.4) is 0 Å². The van der Waals surface area contributed by atoms with Crippen LogP contribution in [-0.2, 0) is 11.2 Å². The van der Waals surface area contributed by atoms with Crippen LogP contribution in [0.1, 0.15) is 32.8 Å². The van der Waals surface area contributed by atoms with Gasteiger partial charge in [-0.2, -0.15) is 0 Å². The van der Waals surface area contributed by atoms with Crippen molar-refractivity contribution >= 4 is 18.3 Å². The van der Waals surface area contributed by atoms with E-state index in [1.54, 1.807) is 0 Å². The summed E-state index contributed by atoms with van der Waals surface area (Å²) in [7, 11) is 0. The minimum Gasteiger partial charge on any atom is -0.494 e. The Hall–Kier alpha value is -1.26. The quantitative estimate of drug-likeness (QED) is 0.775. The third kappa shape index (κ3) is 6.82. The SMILES string of the molecule is CCOc1cccc(CCNC(=O)C(N)C(C)CC)c1.Cl. The van der Waals surface area contributed by atoms with Crippen LogP contribution in [0.25, 0.3) is 0 Å². The summed E-state index contributed by atoms with van der Waals surface area (Å²) in [5.41, 5.74) is 7.03. The highest BCUT2D eigenvalue weighted by molar-refractivity contribution is 5.85. The molecule has 3 N–H and O–H groups in total. The summed E-state index contributed by atoms with van der Waals surface area (Å²) in [6, 6.07) is 7.51. The van der Waals surface area contributed by atoms with E-state index in [-0.39, 0.29) is 24.2 Å².